The van der Waals surface area contributed by atoms with Crippen LogP contribution in [0.15, 0.2) is 24.3 Å². The van der Waals surface area contributed by atoms with Crippen LogP contribution in [0.5, 0.6) is 0 Å². The normalized spacial score (nSPS) is 23.6. The molecule has 0 saturated carbocycles. The SMILES string of the molecule is O=C(c1nn(-c2ccc(F)cc2)c2c1CCC2)N1CCN(C2CCS(=O)(=O)C2)CC1. The lowest BCUT2D eigenvalue weighted by molar-refractivity contribution is 0.0581. The molecule has 0 radical (unpaired) electrons. The molecule has 0 N–H and O–H groups in total. The van der Waals surface area contributed by atoms with Crippen LogP contribution in [0.1, 0.15) is 34.6 Å². The van der Waals surface area contributed by atoms with Crippen molar-refractivity contribution in [2.45, 2.75) is 31.7 Å². The summed E-state index contributed by atoms with van der Waals surface area (Å²) in [6.45, 7) is 2.53. The zero-order valence-electron chi connectivity index (χ0n) is 16.8. The Morgan fingerprint density at radius 2 is 1.80 bits per heavy atom. The molecule has 2 aliphatic heterocycles. The van der Waals surface area contributed by atoms with E-state index >= 15 is 0 Å². The van der Waals surface area contributed by atoms with Crippen LogP contribution < -0.4 is 0 Å². The molecular weight excluding hydrogens is 407 g/mol. The lowest BCUT2D eigenvalue weighted by Crippen LogP contribution is -2.52. The number of hydrogen-bond donors (Lipinski definition) is 0. The van der Waals surface area contributed by atoms with Gasteiger partial charge in [-0.2, -0.15) is 5.10 Å². The summed E-state index contributed by atoms with van der Waals surface area (Å²) in [6, 6.07) is 6.26. The molecule has 1 aliphatic carbocycles. The van der Waals surface area contributed by atoms with Crippen LogP contribution in [0, 0.1) is 5.82 Å². The second kappa shape index (κ2) is 7.46. The Bertz CT molecular complexity index is 1070. The zero-order valence-corrected chi connectivity index (χ0v) is 17.6. The second-order valence-corrected chi connectivity index (χ2v) is 10.6. The molecule has 7 nitrogen and oxygen atoms in total. The topological polar surface area (TPSA) is 75.5 Å². The monoisotopic (exact) mass is 432 g/mol. The number of rotatable bonds is 3. The highest BCUT2D eigenvalue weighted by molar-refractivity contribution is 7.91. The molecule has 2 fully saturated rings. The third-order valence-electron chi connectivity index (χ3n) is 6.53. The highest BCUT2D eigenvalue weighted by atomic mass is 32.2. The van der Waals surface area contributed by atoms with E-state index in [0.29, 0.717) is 38.3 Å². The first-order chi connectivity index (χ1) is 14.4. The van der Waals surface area contributed by atoms with Gasteiger partial charge in [-0.25, -0.2) is 17.5 Å². The van der Waals surface area contributed by atoms with Gasteiger partial charge in [0.1, 0.15) is 5.82 Å². The van der Waals surface area contributed by atoms with E-state index in [1.54, 1.807) is 16.8 Å². The molecule has 0 spiro atoms. The van der Waals surface area contributed by atoms with Crippen molar-refractivity contribution in [2.24, 2.45) is 0 Å². The first-order valence-electron chi connectivity index (χ1n) is 10.5. The van der Waals surface area contributed by atoms with Gasteiger partial charge in [-0.05, 0) is 49.9 Å². The Labute approximate surface area is 175 Å². The van der Waals surface area contributed by atoms with Gasteiger partial charge >= 0.3 is 0 Å². The van der Waals surface area contributed by atoms with Crippen molar-refractivity contribution in [1.82, 2.24) is 19.6 Å². The molecule has 160 valence electrons. The number of sulfone groups is 1. The smallest absolute Gasteiger partial charge is 0.274 e. The predicted molar refractivity (Wildman–Crippen MR) is 110 cm³/mol. The molecule has 9 heteroatoms. The van der Waals surface area contributed by atoms with E-state index in [1.807, 2.05) is 4.90 Å². The third kappa shape index (κ3) is 3.54. The van der Waals surface area contributed by atoms with Crippen LogP contribution in [0.2, 0.25) is 0 Å². The average molecular weight is 433 g/mol. The Morgan fingerprint density at radius 3 is 2.47 bits per heavy atom. The standard InChI is InChI=1S/C21H25FN4O3S/c22-15-4-6-16(7-5-15)26-19-3-1-2-18(19)20(23-26)21(27)25-11-9-24(10-12-25)17-8-13-30(28,29)14-17/h4-7,17H,1-3,8-14H2. The molecule has 30 heavy (non-hydrogen) atoms. The van der Waals surface area contributed by atoms with Crippen molar-refractivity contribution in [1.29, 1.82) is 0 Å². The van der Waals surface area contributed by atoms with E-state index in [2.05, 4.69) is 10.00 Å². The summed E-state index contributed by atoms with van der Waals surface area (Å²) in [5, 5.41) is 4.63. The van der Waals surface area contributed by atoms with Gasteiger partial charge in [0.2, 0.25) is 0 Å². The predicted octanol–water partition coefficient (Wildman–Crippen LogP) is 1.45. The second-order valence-electron chi connectivity index (χ2n) is 8.40. The van der Waals surface area contributed by atoms with Crippen molar-refractivity contribution >= 4 is 15.7 Å². The number of nitrogens with zero attached hydrogens (tertiary/aromatic N) is 4. The van der Waals surface area contributed by atoms with E-state index in [9.17, 15) is 17.6 Å². The fraction of sp³-hybridized carbons (Fsp3) is 0.524. The number of fused-ring (bicyclic) bond motifs is 1. The lowest BCUT2D eigenvalue weighted by Gasteiger charge is -2.37. The van der Waals surface area contributed by atoms with Gasteiger partial charge < -0.3 is 4.90 Å². The summed E-state index contributed by atoms with van der Waals surface area (Å²) >= 11 is 0. The molecule has 3 heterocycles. The molecule has 1 unspecified atom stereocenters. The van der Waals surface area contributed by atoms with Gasteiger partial charge in [-0.1, -0.05) is 0 Å². The molecule has 1 atom stereocenters. The summed E-state index contributed by atoms with van der Waals surface area (Å²) in [5.41, 5.74) is 3.32. The fourth-order valence-electron chi connectivity index (χ4n) is 4.91. The summed E-state index contributed by atoms with van der Waals surface area (Å²) in [7, 11) is -2.91. The Morgan fingerprint density at radius 1 is 1.07 bits per heavy atom. The van der Waals surface area contributed by atoms with Gasteiger partial charge in [0.15, 0.2) is 15.5 Å². The highest BCUT2D eigenvalue weighted by Gasteiger charge is 2.36. The number of hydrogen-bond acceptors (Lipinski definition) is 5. The van der Waals surface area contributed by atoms with Gasteiger partial charge in [0.25, 0.3) is 5.91 Å². The number of halogens is 1. The van der Waals surface area contributed by atoms with E-state index < -0.39 is 9.84 Å². The maximum absolute atomic E-state index is 13.3. The van der Waals surface area contributed by atoms with Crippen molar-refractivity contribution in [3.8, 4) is 5.69 Å². The summed E-state index contributed by atoms with van der Waals surface area (Å²) in [6.07, 6.45) is 3.36. The van der Waals surface area contributed by atoms with E-state index in [1.165, 1.54) is 12.1 Å². The van der Waals surface area contributed by atoms with Crippen LogP contribution >= 0.6 is 0 Å². The molecule has 5 rings (SSSR count). The third-order valence-corrected chi connectivity index (χ3v) is 8.28. The molecule has 2 saturated heterocycles. The van der Waals surface area contributed by atoms with Gasteiger partial charge in [-0.3, -0.25) is 9.69 Å². The van der Waals surface area contributed by atoms with E-state index in [-0.39, 0.29) is 29.3 Å². The maximum atomic E-state index is 13.3. The number of piperazine rings is 1. The zero-order chi connectivity index (χ0) is 20.9. The minimum Gasteiger partial charge on any atom is -0.335 e. The van der Waals surface area contributed by atoms with Crippen LogP contribution in [0.3, 0.4) is 0 Å². The maximum Gasteiger partial charge on any atom is 0.274 e. The number of carbonyl (C=O) groups excluding carboxylic acids is 1. The summed E-state index contributed by atoms with van der Waals surface area (Å²) in [4.78, 5) is 17.3. The number of benzene rings is 1. The molecule has 1 aromatic heterocycles. The highest BCUT2D eigenvalue weighted by Crippen LogP contribution is 2.29. The largest absolute Gasteiger partial charge is 0.335 e. The van der Waals surface area contributed by atoms with Crippen molar-refractivity contribution in [3.05, 3.63) is 47.0 Å². The quantitative estimate of drug-likeness (QED) is 0.734. The van der Waals surface area contributed by atoms with E-state index in [4.69, 9.17) is 0 Å². The Hall–Kier alpha value is -2.26. The minimum absolute atomic E-state index is 0.0623. The van der Waals surface area contributed by atoms with Crippen LogP contribution in [-0.2, 0) is 22.7 Å². The Kier molecular flexibility index (Phi) is 4.89. The molecule has 1 aromatic carbocycles. The number of amides is 1. The van der Waals surface area contributed by atoms with Crippen LogP contribution in [-0.4, -0.2) is 77.6 Å². The van der Waals surface area contributed by atoms with Crippen LogP contribution in [0.4, 0.5) is 4.39 Å². The lowest BCUT2D eigenvalue weighted by atomic mass is 10.1. The Balaban J connectivity index is 1.33. The summed E-state index contributed by atoms with van der Waals surface area (Å²) in [5.74, 6) is 0.139. The van der Waals surface area contributed by atoms with E-state index in [0.717, 1.165) is 36.2 Å². The first kappa shape index (κ1) is 19.7. The fourth-order valence-corrected chi connectivity index (χ4v) is 6.67. The first-order valence-corrected chi connectivity index (χ1v) is 12.3. The minimum atomic E-state index is -2.91. The van der Waals surface area contributed by atoms with Crippen LogP contribution in [0.25, 0.3) is 5.69 Å². The average Bonchev–Trinajstić information content (AvgIpc) is 3.43. The van der Waals surface area contributed by atoms with Crippen molar-refractivity contribution in [3.63, 3.8) is 0 Å². The van der Waals surface area contributed by atoms with Crippen molar-refractivity contribution < 1.29 is 17.6 Å². The number of aromatic nitrogens is 2. The van der Waals surface area contributed by atoms with Gasteiger partial charge in [-0.15, -0.1) is 0 Å². The number of carbonyl (C=O) groups is 1. The van der Waals surface area contributed by atoms with Crippen molar-refractivity contribution in [2.75, 3.05) is 37.7 Å². The molecular formula is C21H25FN4O3S. The van der Waals surface area contributed by atoms with Gasteiger partial charge in [0.05, 0.1) is 17.2 Å². The molecule has 1 amide bonds. The van der Waals surface area contributed by atoms with Gasteiger partial charge in [0, 0.05) is 43.5 Å². The molecule has 2 aromatic rings. The summed E-state index contributed by atoms with van der Waals surface area (Å²) < 4.78 is 38.6. The molecule has 0 bridgehead atoms. The molecule has 3 aliphatic rings.